The van der Waals surface area contributed by atoms with Gasteiger partial charge in [0.15, 0.2) is 0 Å². The van der Waals surface area contributed by atoms with Crippen molar-refractivity contribution in [3.8, 4) is 0 Å². The van der Waals surface area contributed by atoms with Gasteiger partial charge in [0.05, 0.1) is 6.26 Å². The summed E-state index contributed by atoms with van der Waals surface area (Å²) >= 11 is 0. The second kappa shape index (κ2) is 5.48. The van der Waals surface area contributed by atoms with Crippen molar-refractivity contribution in [3.63, 3.8) is 0 Å². The Labute approximate surface area is 101 Å². The molecule has 2 amide bonds. The Kier molecular flexibility index (Phi) is 4.50. The van der Waals surface area contributed by atoms with Crippen LogP contribution >= 0.6 is 0 Å². The quantitative estimate of drug-likeness (QED) is 0.699. The first kappa shape index (κ1) is 14.0. The second-order valence-corrected chi connectivity index (χ2v) is 6.01. The number of sulfonamides is 1. The highest BCUT2D eigenvalue weighted by Gasteiger charge is 2.41. The van der Waals surface area contributed by atoms with Gasteiger partial charge in [-0.25, -0.2) is 12.7 Å². The summed E-state index contributed by atoms with van der Waals surface area (Å²) in [6.45, 7) is 2.51. The molecule has 0 radical (unpaired) electrons. The molecule has 0 aromatic carbocycles. The highest BCUT2D eigenvalue weighted by Crippen LogP contribution is 2.21. The van der Waals surface area contributed by atoms with Crippen molar-refractivity contribution < 1.29 is 18.0 Å². The fraction of sp³-hybridized carbons (Fsp3) is 0.800. The van der Waals surface area contributed by atoms with Crippen LogP contribution in [-0.2, 0) is 19.6 Å². The summed E-state index contributed by atoms with van der Waals surface area (Å²) in [6, 6.07) is -0.866. The molecule has 0 saturated carbocycles. The summed E-state index contributed by atoms with van der Waals surface area (Å²) in [5, 5.41) is 2.65. The van der Waals surface area contributed by atoms with E-state index in [1.54, 1.807) is 0 Å². The number of unbranched alkanes of at least 4 members (excludes halogenated alkanes) is 1. The zero-order valence-electron chi connectivity index (χ0n) is 10.1. The van der Waals surface area contributed by atoms with Crippen molar-refractivity contribution in [3.05, 3.63) is 0 Å². The number of amides is 2. The third-order valence-corrected chi connectivity index (χ3v) is 3.82. The molecule has 0 aromatic heterocycles. The summed E-state index contributed by atoms with van der Waals surface area (Å²) in [5.41, 5.74) is 0. The molecule has 98 valence electrons. The molecule has 0 spiro atoms. The molecule has 1 N–H and O–H groups in total. The van der Waals surface area contributed by atoms with E-state index >= 15 is 0 Å². The molecule has 1 saturated heterocycles. The van der Waals surface area contributed by atoms with E-state index in [4.69, 9.17) is 0 Å². The first-order chi connectivity index (χ1) is 7.88. The molecule has 1 aliphatic rings. The van der Waals surface area contributed by atoms with Crippen molar-refractivity contribution >= 4 is 21.8 Å². The van der Waals surface area contributed by atoms with Gasteiger partial charge in [-0.1, -0.05) is 13.3 Å². The van der Waals surface area contributed by atoms with Crippen molar-refractivity contribution in [1.29, 1.82) is 0 Å². The lowest BCUT2D eigenvalue weighted by atomic mass is 10.2. The number of rotatable bonds is 5. The van der Waals surface area contributed by atoms with Gasteiger partial charge in [0.2, 0.25) is 21.8 Å². The molecule has 1 heterocycles. The van der Waals surface area contributed by atoms with Gasteiger partial charge in [-0.15, -0.1) is 0 Å². The van der Waals surface area contributed by atoms with Gasteiger partial charge in [-0.3, -0.25) is 9.59 Å². The minimum absolute atomic E-state index is 0.110. The van der Waals surface area contributed by atoms with Gasteiger partial charge in [-0.2, -0.15) is 0 Å². The molecule has 7 heteroatoms. The third kappa shape index (κ3) is 3.42. The lowest BCUT2D eigenvalue weighted by Crippen LogP contribution is -2.47. The summed E-state index contributed by atoms with van der Waals surface area (Å²) in [5.74, 6) is -0.877. The standard InChI is InChI=1S/C10H18N2O4S/c1-3-4-7-11-10(14)8-5-6-9(13)12(8)17(2,15)16/h8H,3-7H2,1-2H3,(H,11,14). The molecule has 1 rings (SSSR count). The van der Waals surface area contributed by atoms with Crippen molar-refractivity contribution in [2.45, 2.75) is 38.6 Å². The van der Waals surface area contributed by atoms with Crippen LogP contribution in [0.4, 0.5) is 0 Å². The van der Waals surface area contributed by atoms with E-state index in [9.17, 15) is 18.0 Å². The van der Waals surface area contributed by atoms with Crippen LogP contribution in [0.1, 0.15) is 32.6 Å². The van der Waals surface area contributed by atoms with Gasteiger partial charge in [-0.05, 0) is 12.8 Å². The first-order valence-electron chi connectivity index (χ1n) is 5.68. The number of carbonyl (C=O) groups is 2. The molecule has 0 aromatic rings. The normalized spacial score (nSPS) is 20.7. The molecule has 0 aliphatic carbocycles. The van der Waals surface area contributed by atoms with E-state index in [0.29, 0.717) is 10.8 Å². The van der Waals surface area contributed by atoms with Gasteiger partial charge in [0.1, 0.15) is 6.04 Å². The third-order valence-electron chi connectivity index (χ3n) is 2.65. The molecular weight excluding hydrogens is 244 g/mol. The minimum atomic E-state index is -3.65. The smallest absolute Gasteiger partial charge is 0.244 e. The summed E-state index contributed by atoms with van der Waals surface area (Å²) in [4.78, 5) is 23.2. The molecule has 1 atom stereocenters. The van der Waals surface area contributed by atoms with Crippen molar-refractivity contribution in [1.82, 2.24) is 9.62 Å². The Morgan fingerprint density at radius 3 is 2.71 bits per heavy atom. The number of hydrogen-bond donors (Lipinski definition) is 1. The van der Waals surface area contributed by atoms with Gasteiger partial charge in [0, 0.05) is 13.0 Å². The summed E-state index contributed by atoms with van der Waals surface area (Å²) in [7, 11) is -3.65. The molecular formula is C10H18N2O4S. The maximum Gasteiger partial charge on any atom is 0.244 e. The van der Waals surface area contributed by atoms with Crippen molar-refractivity contribution in [2.75, 3.05) is 12.8 Å². The molecule has 1 aliphatic heterocycles. The van der Waals surface area contributed by atoms with Crippen LogP contribution in [0.3, 0.4) is 0 Å². The Balaban J connectivity index is 2.70. The highest BCUT2D eigenvalue weighted by atomic mass is 32.2. The van der Waals surface area contributed by atoms with Gasteiger partial charge >= 0.3 is 0 Å². The van der Waals surface area contributed by atoms with E-state index < -0.39 is 22.0 Å². The average Bonchev–Trinajstić information content (AvgIpc) is 2.60. The fourth-order valence-corrected chi connectivity index (χ4v) is 2.95. The molecule has 1 fully saturated rings. The Morgan fingerprint density at radius 2 is 2.18 bits per heavy atom. The SMILES string of the molecule is CCCCNC(=O)C1CCC(=O)N1S(C)(=O)=O. The maximum atomic E-state index is 11.8. The van der Waals surface area contributed by atoms with Gasteiger partial charge in [0.25, 0.3) is 0 Å². The van der Waals surface area contributed by atoms with E-state index in [-0.39, 0.29) is 18.7 Å². The average molecular weight is 262 g/mol. The predicted molar refractivity (Wildman–Crippen MR) is 62.6 cm³/mol. The second-order valence-electron chi connectivity index (χ2n) is 4.15. The van der Waals surface area contributed by atoms with Crippen LogP contribution in [0, 0.1) is 0 Å². The minimum Gasteiger partial charge on any atom is -0.354 e. The lowest BCUT2D eigenvalue weighted by Gasteiger charge is -2.21. The summed E-state index contributed by atoms with van der Waals surface area (Å²) < 4.78 is 23.5. The van der Waals surface area contributed by atoms with Crippen LogP contribution in [0.25, 0.3) is 0 Å². The van der Waals surface area contributed by atoms with Gasteiger partial charge < -0.3 is 5.32 Å². The first-order valence-corrected chi connectivity index (χ1v) is 7.52. The zero-order chi connectivity index (χ0) is 13.1. The number of hydrogen-bond acceptors (Lipinski definition) is 4. The number of nitrogens with one attached hydrogen (secondary N) is 1. The predicted octanol–water partition coefficient (Wildman–Crippen LogP) is -0.147. The summed E-state index contributed by atoms with van der Waals surface area (Å²) in [6.07, 6.45) is 3.11. The van der Waals surface area contributed by atoms with Crippen LogP contribution in [0.5, 0.6) is 0 Å². The molecule has 1 unspecified atom stereocenters. The van der Waals surface area contributed by atoms with E-state index in [0.717, 1.165) is 19.1 Å². The molecule has 6 nitrogen and oxygen atoms in total. The monoisotopic (exact) mass is 262 g/mol. The van der Waals surface area contributed by atoms with Crippen LogP contribution in [0.2, 0.25) is 0 Å². The fourth-order valence-electron chi connectivity index (χ4n) is 1.82. The Bertz CT molecular complexity index is 405. The Morgan fingerprint density at radius 1 is 1.53 bits per heavy atom. The molecule has 17 heavy (non-hydrogen) atoms. The number of nitrogens with zero attached hydrogens (tertiary/aromatic N) is 1. The lowest BCUT2D eigenvalue weighted by molar-refractivity contribution is -0.130. The topological polar surface area (TPSA) is 83.6 Å². The van der Waals surface area contributed by atoms with Crippen LogP contribution in [-0.4, -0.2) is 43.4 Å². The Hall–Kier alpha value is -1.11. The highest BCUT2D eigenvalue weighted by molar-refractivity contribution is 7.89. The molecule has 0 bridgehead atoms. The van der Waals surface area contributed by atoms with Crippen LogP contribution < -0.4 is 5.32 Å². The van der Waals surface area contributed by atoms with E-state index in [1.807, 2.05) is 6.92 Å². The van der Waals surface area contributed by atoms with Crippen molar-refractivity contribution in [2.24, 2.45) is 0 Å². The maximum absolute atomic E-state index is 11.8. The van der Waals surface area contributed by atoms with E-state index in [1.165, 1.54) is 0 Å². The zero-order valence-corrected chi connectivity index (χ0v) is 10.9. The number of carbonyl (C=O) groups excluding carboxylic acids is 2. The largest absolute Gasteiger partial charge is 0.354 e. The van der Waals surface area contributed by atoms with E-state index in [2.05, 4.69) is 5.32 Å². The van der Waals surface area contributed by atoms with Crippen LogP contribution in [0.15, 0.2) is 0 Å².